The van der Waals surface area contributed by atoms with E-state index in [1.807, 2.05) is 24.3 Å². The van der Waals surface area contributed by atoms with Crippen molar-refractivity contribution in [1.29, 1.82) is 0 Å². The fourth-order valence-corrected chi connectivity index (χ4v) is 2.77. The Balaban J connectivity index is 1.87. The lowest BCUT2D eigenvalue weighted by molar-refractivity contribution is -0.133. The summed E-state index contributed by atoms with van der Waals surface area (Å²) in [5.41, 5.74) is 1.87. The monoisotopic (exact) mass is 303 g/mol. The first-order valence-corrected chi connectivity index (χ1v) is 8.06. The van der Waals surface area contributed by atoms with Crippen LogP contribution in [0.1, 0.15) is 33.1 Å². The molecule has 0 bridgehead atoms. The summed E-state index contributed by atoms with van der Waals surface area (Å²) in [6.07, 6.45) is 2.01. The molecule has 0 aromatic heterocycles. The predicted molar refractivity (Wildman–Crippen MR) is 89.1 cm³/mol. The van der Waals surface area contributed by atoms with E-state index in [0.717, 1.165) is 50.4 Å². The molecule has 1 heterocycles. The molecule has 0 aliphatic carbocycles. The summed E-state index contributed by atoms with van der Waals surface area (Å²) < 4.78 is 0. The van der Waals surface area contributed by atoms with E-state index in [1.165, 1.54) is 0 Å². The third kappa shape index (κ3) is 4.23. The molecular weight excluding hydrogens is 278 g/mol. The lowest BCUT2D eigenvalue weighted by Crippen LogP contribution is -2.31. The Morgan fingerprint density at radius 3 is 2.23 bits per heavy atom. The molecule has 1 fully saturated rings. The maximum atomic E-state index is 11.9. The van der Waals surface area contributed by atoms with Crippen LogP contribution in [-0.2, 0) is 9.59 Å². The Bertz CT molecular complexity index is 503. The van der Waals surface area contributed by atoms with Gasteiger partial charge in [-0.2, -0.15) is 0 Å². The van der Waals surface area contributed by atoms with Crippen LogP contribution in [0.3, 0.4) is 0 Å². The van der Waals surface area contributed by atoms with Crippen molar-refractivity contribution in [2.45, 2.75) is 33.1 Å². The van der Waals surface area contributed by atoms with Gasteiger partial charge in [-0.1, -0.05) is 0 Å². The van der Waals surface area contributed by atoms with Crippen LogP contribution in [0.2, 0.25) is 0 Å². The van der Waals surface area contributed by atoms with Crippen molar-refractivity contribution in [2.24, 2.45) is 0 Å². The average Bonchev–Trinajstić information content (AvgIpc) is 3.04. The highest BCUT2D eigenvalue weighted by Gasteiger charge is 2.20. The SMILES string of the molecule is CCN(CC)c1ccc(NC(=O)CC(=O)N2CCCC2)cc1. The van der Waals surface area contributed by atoms with E-state index in [2.05, 4.69) is 24.1 Å². The van der Waals surface area contributed by atoms with Gasteiger partial charge in [-0.25, -0.2) is 0 Å². The number of carbonyl (C=O) groups is 2. The maximum absolute atomic E-state index is 11.9. The maximum Gasteiger partial charge on any atom is 0.233 e. The number of nitrogens with one attached hydrogen (secondary N) is 1. The molecule has 1 aromatic rings. The molecule has 5 nitrogen and oxygen atoms in total. The van der Waals surface area contributed by atoms with E-state index in [9.17, 15) is 9.59 Å². The topological polar surface area (TPSA) is 52.7 Å². The van der Waals surface area contributed by atoms with Crippen LogP contribution < -0.4 is 10.2 Å². The molecule has 5 heteroatoms. The summed E-state index contributed by atoms with van der Waals surface area (Å²) in [7, 11) is 0. The molecule has 1 aromatic carbocycles. The molecule has 120 valence electrons. The number of nitrogens with zero attached hydrogens (tertiary/aromatic N) is 2. The van der Waals surface area contributed by atoms with Gasteiger partial charge in [0.25, 0.3) is 0 Å². The van der Waals surface area contributed by atoms with Gasteiger partial charge in [-0.15, -0.1) is 0 Å². The summed E-state index contributed by atoms with van der Waals surface area (Å²) >= 11 is 0. The third-order valence-corrected chi connectivity index (χ3v) is 4.05. The zero-order valence-corrected chi connectivity index (χ0v) is 13.5. The molecule has 0 unspecified atom stereocenters. The number of hydrogen-bond donors (Lipinski definition) is 1. The van der Waals surface area contributed by atoms with Gasteiger partial charge in [-0.3, -0.25) is 9.59 Å². The molecule has 1 aliphatic rings. The van der Waals surface area contributed by atoms with Crippen LogP contribution in [0.15, 0.2) is 24.3 Å². The first kappa shape index (κ1) is 16.3. The van der Waals surface area contributed by atoms with Gasteiger partial charge in [0, 0.05) is 37.6 Å². The first-order valence-electron chi connectivity index (χ1n) is 8.06. The number of carbonyl (C=O) groups excluding carboxylic acids is 2. The van der Waals surface area contributed by atoms with Crippen LogP contribution in [0.4, 0.5) is 11.4 Å². The minimum Gasteiger partial charge on any atom is -0.372 e. The van der Waals surface area contributed by atoms with Crippen LogP contribution in [0.5, 0.6) is 0 Å². The van der Waals surface area contributed by atoms with E-state index in [1.54, 1.807) is 4.90 Å². The fourth-order valence-electron chi connectivity index (χ4n) is 2.77. The second-order valence-electron chi connectivity index (χ2n) is 5.53. The number of hydrogen-bond acceptors (Lipinski definition) is 3. The minimum absolute atomic E-state index is 0.0716. The van der Waals surface area contributed by atoms with Gasteiger partial charge in [-0.05, 0) is 51.0 Å². The molecule has 0 atom stereocenters. The molecule has 0 saturated carbocycles. The number of rotatable bonds is 6. The Morgan fingerprint density at radius 1 is 1.09 bits per heavy atom. The Hall–Kier alpha value is -2.04. The van der Waals surface area contributed by atoms with Gasteiger partial charge in [0.2, 0.25) is 11.8 Å². The standard InChI is InChI=1S/C17H25N3O2/c1-3-19(4-2)15-9-7-14(8-10-15)18-16(21)13-17(22)20-11-5-6-12-20/h7-10H,3-6,11-13H2,1-2H3,(H,18,21). The summed E-state index contributed by atoms with van der Waals surface area (Å²) in [6, 6.07) is 7.74. The second-order valence-corrected chi connectivity index (χ2v) is 5.53. The zero-order chi connectivity index (χ0) is 15.9. The summed E-state index contributed by atoms with van der Waals surface area (Å²) in [6.45, 7) is 7.70. The van der Waals surface area contributed by atoms with Crippen LogP contribution in [0, 0.1) is 0 Å². The average molecular weight is 303 g/mol. The molecule has 1 saturated heterocycles. The predicted octanol–water partition coefficient (Wildman–Crippen LogP) is 2.48. The van der Waals surface area contributed by atoms with Gasteiger partial charge in [0.05, 0.1) is 0 Å². The number of benzene rings is 1. The normalized spacial score (nSPS) is 14.0. The van der Waals surface area contributed by atoms with Crippen molar-refractivity contribution in [3.63, 3.8) is 0 Å². The van der Waals surface area contributed by atoms with Crippen LogP contribution in [-0.4, -0.2) is 42.9 Å². The minimum atomic E-state index is -0.243. The molecule has 0 spiro atoms. The van der Waals surface area contributed by atoms with Gasteiger partial charge < -0.3 is 15.1 Å². The highest BCUT2D eigenvalue weighted by Crippen LogP contribution is 2.18. The van der Waals surface area contributed by atoms with E-state index < -0.39 is 0 Å². The highest BCUT2D eigenvalue weighted by molar-refractivity contribution is 6.03. The Morgan fingerprint density at radius 2 is 1.68 bits per heavy atom. The molecule has 2 rings (SSSR count). The van der Waals surface area contributed by atoms with Gasteiger partial charge in [0.15, 0.2) is 0 Å². The third-order valence-electron chi connectivity index (χ3n) is 4.05. The van der Waals surface area contributed by atoms with Crippen LogP contribution >= 0.6 is 0 Å². The van der Waals surface area contributed by atoms with E-state index >= 15 is 0 Å². The van der Waals surface area contributed by atoms with Crippen molar-refractivity contribution in [3.8, 4) is 0 Å². The zero-order valence-electron chi connectivity index (χ0n) is 13.5. The highest BCUT2D eigenvalue weighted by atomic mass is 16.2. The number of anilines is 2. The lowest BCUT2D eigenvalue weighted by atomic mass is 10.2. The van der Waals surface area contributed by atoms with Crippen molar-refractivity contribution in [3.05, 3.63) is 24.3 Å². The van der Waals surface area contributed by atoms with E-state index in [-0.39, 0.29) is 18.2 Å². The smallest absolute Gasteiger partial charge is 0.233 e. The van der Waals surface area contributed by atoms with Crippen molar-refractivity contribution >= 4 is 23.2 Å². The van der Waals surface area contributed by atoms with E-state index in [4.69, 9.17) is 0 Å². The quantitative estimate of drug-likeness (QED) is 0.822. The van der Waals surface area contributed by atoms with E-state index in [0.29, 0.717) is 0 Å². The van der Waals surface area contributed by atoms with Crippen molar-refractivity contribution in [1.82, 2.24) is 4.90 Å². The van der Waals surface area contributed by atoms with Gasteiger partial charge in [0.1, 0.15) is 6.42 Å². The molecule has 1 aliphatic heterocycles. The van der Waals surface area contributed by atoms with Crippen molar-refractivity contribution < 1.29 is 9.59 Å². The molecule has 22 heavy (non-hydrogen) atoms. The first-order chi connectivity index (χ1) is 10.6. The Labute approximate surface area is 132 Å². The Kier molecular flexibility index (Phi) is 5.81. The largest absolute Gasteiger partial charge is 0.372 e. The summed E-state index contributed by atoms with van der Waals surface area (Å²) in [4.78, 5) is 27.9. The van der Waals surface area contributed by atoms with Gasteiger partial charge >= 0.3 is 0 Å². The number of likely N-dealkylation sites (tertiary alicyclic amines) is 1. The second kappa shape index (κ2) is 7.82. The molecular formula is C17H25N3O2. The molecule has 2 amide bonds. The summed E-state index contributed by atoms with van der Waals surface area (Å²) in [5, 5.41) is 2.79. The number of amides is 2. The molecule has 0 radical (unpaired) electrons. The summed E-state index contributed by atoms with van der Waals surface area (Å²) in [5.74, 6) is -0.317. The van der Waals surface area contributed by atoms with Crippen LogP contribution in [0.25, 0.3) is 0 Å². The fraction of sp³-hybridized carbons (Fsp3) is 0.529. The molecule has 1 N–H and O–H groups in total. The van der Waals surface area contributed by atoms with Crippen molar-refractivity contribution in [2.75, 3.05) is 36.4 Å². The lowest BCUT2D eigenvalue weighted by Gasteiger charge is -2.21.